The maximum atomic E-state index is 10.1. The van der Waals surface area contributed by atoms with Crippen LogP contribution in [0.4, 0.5) is 0 Å². The second-order valence-electron chi connectivity index (χ2n) is 1.21. The molecule has 1 radical (unpaired) electrons. The maximum absolute atomic E-state index is 10.1. The van der Waals surface area contributed by atoms with Crippen LogP contribution in [0.1, 0.15) is 6.92 Å². The quantitative estimate of drug-likeness (QED) is 0.347. The van der Waals surface area contributed by atoms with Crippen molar-refractivity contribution in [2.75, 3.05) is 0 Å². The van der Waals surface area contributed by atoms with E-state index in [1.54, 1.807) is 6.92 Å². The summed E-state index contributed by atoms with van der Waals surface area (Å²) in [7, 11) is 2.90. The van der Waals surface area contributed by atoms with Crippen molar-refractivity contribution in [1.82, 2.24) is 0 Å². The molecule has 0 aromatic heterocycles. The topological polar surface area (TPSA) is 26.3 Å². The van der Waals surface area contributed by atoms with Gasteiger partial charge in [0.05, 0.1) is 0 Å². The van der Waals surface area contributed by atoms with E-state index in [4.69, 9.17) is 0 Å². The molecule has 3 heteroatoms. The van der Waals surface area contributed by atoms with E-state index in [1.807, 2.05) is 0 Å². The van der Waals surface area contributed by atoms with Crippen LogP contribution >= 0.6 is 0 Å². The molecule has 0 rings (SSSR count). The third-order valence-electron chi connectivity index (χ3n) is 0.480. The third-order valence-corrected chi connectivity index (χ3v) is 0.480. The summed E-state index contributed by atoms with van der Waals surface area (Å²) in [5.74, 6) is -0.458. The fourth-order valence-electron chi connectivity index (χ4n) is 0.123. The average Bonchev–Trinajstić information content (AvgIpc) is 1.65. The number of carbonyl (C=O) groups is 1. The van der Waals surface area contributed by atoms with Gasteiger partial charge in [-0.3, -0.25) is 0 Å². The predicted molar refractivity (Wildman–Crippen MR) is 26.3 cm³/mol. The van der Waals surface area contributed by atoms with Gasteiger partial charge in [0, 0.05) is 38.3 Å². The first-order valence-electron chi connectivity index (χ1n) is 1.80. The Morgan fingerprint density at radius 3 is 2.12 bits per heavy atom. The second-order valence-corrected chi connectivity index (χ2v) is 1.21. The molecular weight excluding hydrogens is 181 g/mol. The van der Waals surface area contributed by atoms with Gasteiger partial charge in [-0.25, -0.2) is 4.79 Å². The SMILES string of the molecule is C=C(C)C(=O)O[CH2-].[Y]. The van der Waals surface area contributed by atoms with Crippen LogP contribution in [-0.2, 0) is 42.2 Å². The van der Waals surface area contributed by atoms with Gasteiger partial charge in [-0.15, -0.1) is 0 Å². The summed E-state index contributed by atoms with van der Waals surface area (Å²) in [6.07, 6.45) is 0. The van der Waals surface area contributed by atoms with Gasteiger partial charge in [0.15, 0.2) is 0 Å². The first-order chi connectivity index (χ1) is 3.18. The Kier molecular flexibility index (Phi) is 7.60. The van der Waals surface area contributed by atoms with E-state index < -0.39 is 5.97 Å². The molecule has 0 atom stereocenters. The summed E-state index contributed by atoms with van der Waals surface area (Å²) < 4.78 is 4.02. The minimum atomic E-state index is -0.458. The van der Waals surface area contributed by atoms with E-state index in [-0.39, 0.29) is 32.7 Å². The van der Waals surface area contributed by atoms with Crippen LogP contribution in [0, 0.1) is 7.11 Å². The van der Waals surface area contributed by atoms with Crippen molar-refractivity contribution < 1.29 is 42.2 Å². The Morgan fingerprint density at radius 2 is 2.12 bits per heavy atom. The summed E-state index contributed by atoms with van der Waals surface area (Å²) in [4.78, 5) is 10.1. The first-order valence-corrected chi connectivity index (χ1v) is 1.80. The second kappa shape index (κ2) is 5.45. The predicted octanol–water partition coefficient (Wildman–Crippen LogP) is 0.895. The normalized spacial score (nSPS) is 6.75. The van der Waals surface area contributed by atoms with Crippen molar-refractivity contribution in [1.29, 1.82) is 0 Å². The molecule has 0 spiro atoms. The number of hydrogen-bond donors (Lipinski definition) is 0. The molecule has 0 unspecified atom stereocenters. The van der Waals surface area contributed by atoms with Gasteiger partial charge in [-0.1, -0.05) is 6.58 Å². The first kappa shape index (κ1) is 11.2. The largest absolute Gasteiger partial charge is 0.637 e. The van der Waals surface area contributed by atoms with Gasteiger partial charge < -0.3 is 4.74 Å². The third kappa shape index (κ3) is 4.47. The van der Waals surface area contributed by atoms with Crippen molar-refractivity contribution in [3.05, 3.63) is 19.3 Å². The zero-order valence-corrected chi connectivity index (χ0v) is 7.65. The molecule has 0 fully saturated rings. The van der Waals surface area contributed by atoms with Gasteiger partial charge in [0.2, 0.25) is 0 Å². The van der Waals surface area contributed by atoms with Gasteiger partial charge in [0.1, 0.15) is 0 Å². The van der Waals surface area contributed by atoms with Crippen LogP contribution < -0.4 is 0 Å². The molecule has 0 aliphatic rings. The van der Waals surface area contributed by atoms with E-state index in [0.29, 0.717) is 5.57 Å². The van der Waals surface area contributed by atoms with E-state index >= 15 is 0 Å². The molecular formula is C5H7O2Y-. The van der Waals surface area contributed by atoms with Crippen molar-refractivity contribution in [2.45, 2.75) is 6.92 Å². The maximum Gasteiger partial charge on any atom is 0.301 e. The van der Waals surface area contributed by atoms with E-state index in [1.165, 1.54) is 0 Å². The van der Waals surface area contributed by atoms with Crippen LogP contribution in [0.15, 0.2) is 12.2 Å². The molecule has 0 amide bonds. The summed E-state index contributed by atoms with van der Waals surface area (Å²) in [6.45, 7) is 4.87. The van der Waals surface area contributed by atoms with E-state index in [2.05, 4.69) is 18.4 Å². The fourth-order valence-corrected chi connectivity index (χ4v) is 0.123. The molecule has 0 saturated carbocycles. The van der Waals surface area contributed by atoms with Crippen molar-refractivity contribution in [3.8, 4) is 0 Å². The minimum absolute atomic E-state index is 0. The van der Waals surface area contributed by atoms with Crippen LogP contribution in [0.25, 0.3) is 0 Å². The summed E-state index contributed by atoms with van der Waals surface area (Å²) in [5, 5.41) is 0. The number of ether oxygens (including phenoxy) is 1. The van der Waals surface area contributed by atoms with Crippen LogP contribution in [0.5, 0.6) is 0 Å². The van der Waals surface area contributed by atoms with Crippen LogP contribution in [0.3, 0.4) is 0 Å². The Labute approximate surface area is 74.2 Å². The van der Waals surface area contributed by atoms with E-state index in [0.717, 1.165) is 0 Å². The molecule has 0 aromatic carbocycles. The molecule has 2 nitrogen and oxygen atoms in total. The Bertz CT molecular complexity index is 98.6. The van der Waals surface area contributed by atoms with E-state index in [9.17, 15) is 4.79 Å². The Hall–Kier alpha value is 0.314. The molecule has 43 valence electrons. The molecule has 0 heterocycles. The molecule has 0 aliphatic carbocycles. The monoisotopic (exact) mass is 188 g/mol. The minimum Gasteiger partial charge on any atom is -0.637 e. The summed E-state index contributed by atoms with van der Waals surface area (Å²) in [5.41, 5.74) is 0.370. The smallest absolute Gasteiger partial charge is 0.301 e. The van der Waals surface area contributed by atoms with Gasteiger partial charge in [0.25, 0.3) is 0 Å². The zero-order valence-electron chi connectivity index (χ0n) is 4.81. The van der Waals surface area contributed by atoms with Crippen LogP contribution in [0.2, 0.25) is 0 Å². The number of rotatable bonds is 1. The number of carbonyl (C=O) groups excluding carboxylic acids is 1. The van der Waals surface area contributed by atoms with Gasteiger partial charge >= 0.3 is 5.97 Å². The van der Waals surface area contributed by atoms with Crippen molar-refractivity contribution in [2.24, 2.45) is 0 Å². The molecule has 0 aromatic rings. The summed E-state index contributed by atoms with van der Waals surface area (Å²) >= 11 is 0. The van der Waals surface area contributed by atoms with Gasteiger partial charge in [-0.2, -0.15) is 7.11 Å². The zero-order chi connectivity index (χ0) is 5.86. The standard InChI is InChI=1S/C5H7O2.Y/c1-4(2)5(6)7-3;/h1,3H2,2H3;/q-1;. The van der Waals surface area contributed by atoms with Crippen LogP contribution in [-0.4, -0.2) is 5.97 Å². The van der Waals surface area contributed by atoms with Crippen molar-refractivity contribution in [3.63, 3.8) is 0 Å². The Morgan fingerprint density at radius 1 is 1.75 bits per heavy atom. The number of hydrogen-bond acceptors (Lipinski definition) is 2. The van der Waals surface area contributed by atoms with Crippen molar-refractivity contribution >= 4 is 5.97 Å². The van der Waals surface area contributed by atoms with Gasteiger partial charge in [-0.05, 0) is 6.92 Å². The summed E-state index contributed by atoms with van der Waals surface area (Å²) in [6, 6.07) is 0. The molecule has 0 bridgehead atoms. The number of esters is 1. The molecule has 8 heavy (non-hydrogen) atoms. The molecule has 0 aliphatic heterocycles. The molecule has 0 N–H and O–H groups in total. The fraction of sp³-hybridized carbons (Fsp3) is 0.200. The Balaban J connectivity index is 0. The average molecular weight is 188 g/mol. The molecule has 0 saturated heterocycles.